The Morgan fingerprint density at radius 2 is 1.89 bits per heavy atom. The Balaban J connectivity index is 1.69. The monoisotopic (exact) mass is 315 g/mol. The van der Waals surface area contributed by atoms with Crippen LogP contribution in [-0.2, 0) is 4.74 Å². The fourth-order valence-electron chi connectivity index (χ4n) is 3.40. The van der Waals surface area contributed by atoms with Gasteiger partial charge in [-0.05, 0) is 24.1 Å². The summed E-state index contributed by atoms with van der Waals surface area (Å²) >= 11 is 18.4. The molecular formula is C14H12Cl3NO. The molecule has 2 fully saturated rings. The lowest BCUT2D eigenvalue weighted by atomic mass is 9.90. The van der Waals surface area contributed by atoms with Crippen molar-refractivity contribution >= 4 is 40.5 Å². The van der Waals surface area contributed by atoms with Crippen molar-refractivity contribution in [1.82, 2.24) is 0 Å². The van der Waals surface area contributed by atoms with Crippen LogP contribution < -0.4 is 4.90 Å². The maximum atomic E-state index is 6.29. The number of ether oxygens (including phenoxy) is 1. The zero-order valence-corrected chi connectivity index (χ0v) is 12.4. The van der Waals surface area contributed by atoms with Gasteiger partial charge in [-0.15, -0.1) is 0 Å². The summed E-state index contributed by atoms with van der Waals surface area (Å²) in [4.78, 5) is 2.28. The number of anilines is 1. The lowest BCUT2D eigenvalue weighted by Crippen LogP contribution is -2.24. The van der Waals surface area contributed by atoms with Gasteiger partial charge < -0.3 is 9.64 Å². The molecule has 5 heteroatoms. The maximum Gasteiger partial charge on any atom is 0.107 e. The van der Waals surface area contributed by atoms with E-state index in [0.29, 0.717) is 27.1 Å². The molecule has 1 aromatic carbocycles. The van der Waals surface area contributed by atoms with Crippen LogP contribution >= 0.6 is 34.8 Å². The van der Waals surface area contributed by atoms with Crippen LogP contribution in [0.25, 0.3) is 0 Å². The molecule has 2 atom stereocenters. The second-order valence-electron chi connectivity index (χ2n) is 5.35. The number of halogens is 3. The molecule has 0 radical (unpaired) electrons. The average Bonchev–Trinajstić information content (AvgIpc) is 3.04. The second-order valence-corrected chi connectivity index (χ2v) is 6.57. The van der Waals surface area contributed by atoms with Crippen LogP contribution in [0.4, 0.5) is 5.69 Å². The molecule has 2 nitrogen and oxygen atoms in total. The van der Waals surface area contributed by atoms with E-state index in [4.69, 9.17) is 39.5 Å². The van der Waals surface area contributed by atoms with Crippen LogP contribution in [0.1, 0.15) is 12.8 Å². The van der Waals surface area contributed by atoms with Crippen molar-refractivity contribution in [3.63, 3.8) is 0 Å². The Morgan fingerprint density at radius 3 is 2.68 bits per heavy atom. The third-order valence-corrected chi connectivity index (χ3v) is 5.34. The van der Waals surface area contributed by atoms with Crippen molar-refractivity contribution in [2.45, 2.75) is 18.9 Å². The maximum absolute atomic E-state index is 6.29. The molecule has 0 aliphatic carbocycles. The fraction of sp³-hybridized carbons (Fsp3) is 0.429. The minimum absolute atomic E-state index is 0.386. The highest BCUT2D eigenvalue weighted by molar-refractivity contribution is 6.44. The average molecular weight is 317 g/mol. The molecule has 3 heterocycles. The van der Waals surface area contributed by atoms with Crippen LogP contribution in [0.2, 0.25) is 15.1 Å². The summed E-state index contributed by atoms with van der Waals surface area (Å²) < 4.78 is 5.87. The van der Waals surface area contributed by atoms with E-state index in [0.717, 1.165) is 31.6 Å². The van der Waals surface area contributed by atoms with Crippen molar-refractivity contribution < 1.29 is 4.74 Å². The number of allylic oxidation sites excluding steroid dienone is 1. The van der Waals surface area contributed by atoms with Gasteiger partial charge in [-0.3, -0.25) is 0 Å². The van der Waals surface area contributed by atoms with E-state index >= 15 is 0 Å². The summed E-state index contributed by atoms with van der Waals surface area (Å²) in [6.07, 6.45) is 2.64. The SMILES string of the molecule is Clc1cc(Cl)c(N2CC3=C4CC[C@H](O4)[C@@H]3C2)cc1Cl. The van der Waals surface area contributed by atoms with E-state index in [-0.39, 0.29) is 0 Å². The molecule has 3 aliphatic heterocycles. The summed E-state index contributed by atoms with van der Waals surface area (Å²) in [5.41, 5.74) is 2.43. The van der Waals surface area contributed by atoms with Crippen LogP contribution in [0, 0.1) is 5.92 Å². The molecule has 100 valence electrons. The Kier molecular flexibility index (Phi) is 2.70. The Bertz CT molecular complexity index is 599. The Labute approximate surface area is 126 Å². The molecule has 2 saturated heterocycles. The number of rotatable bonds is 1. The van der Waals surface area contributed by atoms with Crippen molar-refractivity contribution in [1.29, 1.82) is 0 Å². The predicted molar refractivity (Wildman–Crippen MR) is 78.3 cm³/mol. The van der Waals surface area contributed by atoms with E-state index < -0.39 is 0 Å². The van der Waals surface area contributed by atoms with Gasteiger partial charge in [0.2, 0.25) is 0 Å². The zero-order valence-electron chi connectivity index (χ0n) is 10.1. The standard InChI is InChI=1S/C14H12Cl3NO/c15-9-3-11(17)12(4-10(9)16)18-5-7-8(6-18)14-2-1-13(7)19-14/h3-4,7,13H,1-2,5-6H2/t7-,13+/m1/s1. The molecule has 0 unspecified atom stereocenters. The van der Waals surface area contributed by atoms with Crippen molar-refractivity contribution in [3.8, 4) is 0 Å². The molecule has 3 aliphatic rings. The Morgan fingerprint density at radius 1 is 1.11 bits per heavy atom. The first-order valence-corrected chi connectivity index (χ1v) is 7.55. The minimum atomic E-state index is 0.386. The normalized spacial score (nSPS) is 28.1. The topological polar surface area (TPSA) is 12.5 Å². The molecule has 0 amide bonds. The van der Waals surface area contributed by atoms with Gasteiger partial charge in [0.1, 0.15) is 6.10 Å². The van der Waals surface area contributed by atoms with Gasteiger partial charge in [0, 0.05) is 25.4 Å². The molecule has 0 saturated carbocycles. The van der Waals surface area contributed by atoms with Gasteiger partial charge in [0.05, 0.1) is 26.5 Å². The van der Waals surface area contributed by atoms with Crippen LogP contribution in [0.15, 0.2) is 23.5 Å². The third-order valence-electron chi connectivity index (χ3n) is 4.31. The molecule has 4 rings (SSSR count). The second kappa shape index (κ2) is 4.21. The highest BCUT2D eigenvalue weighted by Gasteiger charge is 2.46. The Hall–Kier alpha value is -0.570. The first kappa shape index (κ1) is 12.2. The van der Waals surface area contributed by atoms with Crippen molar-refractivity contribution in [2.75, 3.05) is 18.0 Å². The van der Waals surface area contributed by atoms with Crippen LogP contribution in [-0.4, -0.2) is 19.2 Å². The highest BCUT2D eigenvalue weighted by Crippen LogP contribution is 2.48. The van der Waals surface area contributed by atoms with Gasteiger partial charge in [-0.1, -0.05) is 34.8 Å². The lowest BCUT2D eigenvalue weighted by Gasteiger charge is -2.21. The lowest BCUT2D eigenvalue weighted by molar-refractivity contribution is 0.156. The first-order chi connectivity index (χ1) is 9.13. The number of benzene rings is 1. The van der Waals surface area contributed by atoms with Gasteiger partial charge >= 0.3 is 0 Å². The molecule has 19 heavy (non-hydrogen) atoms. The van der Waals surface area contributed by atoms with E-state index in [2.05, 4.69) is 4.90 Å². The predicted octanol–water partition coefficient (Wildman–Crippen LogP) is 4.53. The number of hydrogen-bond acceptors (Lipinski definition) is 2. The largest absolute Gasteiger partial charge is 0.494 e. The number of hydrogen-bond donors (Lipinski definition) is 0. The van der Waals surface area contributed by atoms with Crippen LogP contribution in [0.5, 0.6) is 0 Å². The molecule has 0 N–H and O–H groups in total. The van der Waals surface area contributed by atoms with E-state index in [1.54, 1.807) is 6.07 Å². The molecular weight excluding hydrogens is 305 g/mol. The smallest absolute Gasteiger partial charge is 0.107 e. The summed E-state index contributed by atoms with van der Waals surface area (Å²) in [7, 11) is 0. The molecule has 2 bridgehead atoms. The summed E-state index contributed by atoms with van der Waals surface area (Å²) in [6.45, 7) is 1.86. The summed E-state index contributed by atoms with van der Waals surface area (Å²) in [5, 5.41) is 1.71. The van der Waals surface area contributed by atoms with Gasteiger partial charge in [0.25, 0.3) is 0 Å². The van der Waals surface area contributed by atoms with Crippen molar-refractivity contribution in [2.24, 2.45) is 5.92 Å². The highest BCUT2D eigenvalue weighted by atomic mass is 35.5. The number of fused-ring (bicyclic) bond motifs is 4. The van der Waals surface area contributed by atoms with E-state index in [1.807, 2.05) is 6.07 Å². The summed E-state index contributed by atoms with van der Waals surface area (Å²) in [6, 6.07) is 3.58. The summed E-state index contributed by atoms with van der Waals surface area (Å²) in [5.74, 6) is 1.75. The fourth-order valence-corrected chi connectivity index (χ4v) is 4.06. The molecule has 0 spiro atoms. The minimum Gasteiger partial charge on any atom is -0.494 e. The van der Waals surface area contributed by atoms with Gasteiger partial charge in [-0.2, -0.15) is 0 Å². The quantitative estimate of drug-likeness (QED) is 0.706. The zero-order chi connectivity index (χ0) is 13.1. The van der Waals surface area contributed by atoms with E-state index in [9.17, 15) is 0 Å². The third kappa shape index (κ3) is 1.77. The van der Waals surface area contributed by atoms with E-state index in [1.165, 1.54) is 11.3 Å². The first-order valence-electron chi connectivity index (χ1n) is 6.41. The number of nitrogens with zero attached hydrogens (tertiary/aromatic N) is 1. The van der Waals surface area contributed by atoms with Gasteiger partial charge in [-0.25, -0.2) is 0 Å². The van der Waals surface area contributed by atoms with Gasteiger partial charge in [0.15, 0.2) is 0 Å². The van der Waals surface area contributed by atoms with Crippen molar-refractivity contribution in [3.05, 3.63) is 38.5 Å². The molecule has 1 aromatic rings. The molecule has 0 aromatic heterocycles. The van der Waals surface area contributed by atoms with Crippen LogP contribution in [0.3, 0.4) is 0 Å².